The van der Waals surface area contributed by atoms with E-state index >= 15 is 0 Å². The standard InChI is InChI=1S/C18H15FN2O2/c19-15-3-1-2-12(8-15)11-23-16-7-6-14-10-21(22)18(13-4-5-13)20-17(14)9-16/h1-3,6-10,13H,4-5,11H2. The third-order valence-corrected chi connectivity index (χ3v) is 3.96. The van der Waals surface area contributed by atoms with Crippen molar-refractivity contribution in [1.82, 2.24) is 4.98 Å². The highest BCUT2D eigenvalue weighted by Gasteiger charge is 2.33. The highest BCUT2D eigenvalue weighted by molar-refractivity contribution is 5.78. The molecule has 0 radical (unpaired) electrons. The maximum absolute atomic E-state index is 13.2. The molecule has 3 aromatic rings. The molecule has 5 heteroatoms. The molecule has 0 aliphatic heterocycles. The van der Waals surface area contributed by atoms with Crippen LogP contribution in [-0.2, 0) is 6.61 Å². The van der Waals surface area contributed by atoms with Gasteiger partial charge in [-0.2, -0.15) is 0 Å². The monoisotopic (exact) mass is 310 g/mol. The van der Waals surface area contributed by atoms with Crippen molar-refractivity contribution in [2.24, 2.45) is 0 Å². The van der Waals surface area contributed by atoms with Gasteiger partial charge in [-0.15, -0.1) is 0 Å². The van der Waals surface area contributed by atoms with Gasteiger partial charge in [0.25, 0.3) is 0 Å². The van der Waals surface area contributed by atoms with E-state index in [1.54, 1.807) is 18.3 Å². The van der Waals surface area contributed by atoms with Crippen molar-refractivity contribution in [2.75, 3.05) is 0 Å². The quantitative estimate of drug-likeness (QED) is 0.548. The molecule has 23 heavy (non-hydrogen) atoms. The third-order valence-electron chi connectivity index (χ3n) is 3.96. The van der Waals surface area contributed by atoms with Crippen LogP contribution in [0.25, 0.3) is 10.9 Å². The van der Waals surface area contributed by atoms with E-state index in [1.165, 1.54) is 12.1 Å². The second kappa shape index (κ2) is 5.50. The highest BCUT2D eigenvalue weighted by atomic mass is 19.1. The van der Waals surface area contributed by atoms with Gasteiger partial charge in [-0.25, -0.2) is 9.12 Å². The SMILES string of the molecule is [O-][n+]1cc2ccc(OCc3cccc(F)c3)cc2nc1C1CC1. The van der Waals surface area contributed by atoms with Crippen LogP contribution in [0.1, 0.15) is 30.1 Å². The van der Waals surface area contributed by atoms with Gasteiger partial charge in [0.1, 0.15) is 24.4 Å². The van der Waals surface area contributed by atoms with Crippen molar-refractivity contribution in [1.29, 1.82) is 0 Å². The number of fused-ring (bicyclic) bond motifs is 1. The molecule has 0 saturated heterocycles. The zero-order valence-electron chi connectivity index (χ0n) is 12.4. The first-order valence-corrected chi connectivity index (χ1v) is 7.60. The number of ether oxygens (including phenoxy) is 1. The van der Waals surface area contributed by atoms with Gasteiger partial charge in [-0.3, -0.25) is 0 Å². The van der Waals surface area contributed by atoms with Gasteiger partial charge in [0.2, 0.25) is 0 Å². The lowest BCUT2D eigenvalue weighted by Crippen LogP contribution is -2.32. The van der Waals surface area contributed by atoms with Crippen LogP contribution >= 0.6 is 0 Å². The summed E-state index contributed by atoms with van der Waals surface area (Å²) in [5, 5.41) is 12.7. The first kappa shape index (κ1) is 13.9. The minimum Gasteiger partial charge on any atom is -0.711 e. The van der Waals surface area contributed by atoms with Crippen LogP contribution < -0.4 is 9.47 Å². The Morgan fingerprint density at radius 1 is 1.22 bits per heavy atom. The molecule has 1 aromatic heterocycles. The summed E-state index contributed by atoms with van der Waals surface area (Å²) in [4.78, 5) is 4.48. The van der Waals surface area contributed by atoms with Crippen molar-refractivity contribution in [3.8, 4) is 5.75 Å². The normalized spacial score (nSPS) is 14.1. The molecule has 0 spiro atoms. The molecule has 4 rings (SSSR count). The summed E-state index contributed by atoms with van der Waals surface area (Å²) >= 11 is 0. The van der Waals surface area contributed by atoms with Gasteiger partial charge in [-0.1, -0.05) is 12.1 Å². The van der Waals surface area contributed by atoms with Crippen molar-refractivity contribution in [3.05, 3.63) is 71.1 Å². The molecule has 1 fully saturated rings. The van der Waals surface area contributed by atoms with E-state index in [1.807, 2.05) is 18.2 Å². The Kier molecular flexibility index (Phi) is 3.33. The lowest BCUT2D eigenvalue weighted by atomic mass is 10.2. The Balaban J connectivity index is 1.59. The van der Waals surface area contributed by atoms with E-state index in [4.69, 9.17) is 4.74 Å². The second-order valence-corrected chi connectivity index (χ2v) is 5.84. The molecule has 0 N–H and O–H groups in total. The highest BCUT2D eigenvalue weighted by Crippen LogP contribution is 2.37. The number of nitrogens with zero attached hydrogens (tertiary/aromatic N) is 2. The molecular formula is C18H15FN2O2. The summed E-state index contributed by atoms with van der Waals surface area (Å²) in [5.41, 5.74) is 1.51. The molecule has 2 aromatic carbocycles. The fourth-order valence-corrected chi connectivity index (χ4v) is 2.59. The first-order chi connectivity index (χ1) is 11.2. The minimum absolute atomic E-state index is 0.277. The fourth-order valence-electron chi connectivity index (χ4n) is 2.59. The summed E-state index contributed by atoms with van der Waals surface area (Å²) < 4.78 is 19.7. The van der Waals surface area contributed by atoms with Crippen molar-refractivity contribution >= 4 is 10.9 Å². The van der Waals surface area contributed by atoms with Gasteiger partial charge in [0.15, 0.2) is 5.52 Å². The van der Waals surface area contributed by atoms with E-state index in [-0.39, 0.29) is 18.3 Å². The maximum atomic E-state index is 13.2. The third kappa shape index (κ3) is 2.95. The molecule has 1 aliphatic rings. The smallest absolute Gasteiger partial charge is 0.305 e. The van der Waals surface area contributed by atoms with Crippen LogP contribution in [-0.4, -0.2) is 4.98 Å². The van der Waals surface area contributed by atoms with E-state index in [0.717, 1.165) is 34.0 Å². The number of halogens is 1. The minimum atomic E-state index is -0.277. The molecule has 116 valence electrons. The Bertz CT molecular complexity index is 878. The summed E-state index contributed by atoms with van der Waals surface area (Å²) in [5.74, 6) is 1.24. The lowest BCUT2D eigenvalue weighted by Gasteiger charge is -2.08. The van der Waals surface area contributed by atoms with Crippen molar-refractivity contribution < 1.29 is 13.9 Å². The van der Waals surface area contributed by atoms with Gasteiger partial charge in [0, 0.05) is 6.07 Å². The number of rotatable bonds is 4. The Morgan fingerprint density at radius 2 is 2.09 bits per heavy atom. The summed E-state index contributed by atoms with van der Waals surface area (Å²) in [6, 6.07) is 11.7. The number of hydrogen-bond acceptors (Lipinski definition) is 3. The van der Waals surface area contributed by atoms with Gasteiger partial charge >= 0.3 is 5.82 Å². The van der Waals surface area contributed by atoms with E-state index in [9.17, 15) is 9.60 Å². The van der Waals surface area contributed by atoms with Crippen LogP contribution in [0.4, 0.5) is 4.39 Å². The molecule has 1 heterocycles. The average Bonchev–Trinajstić information content (AvgIpc) is 3.37. The van der Waals surface area contributed by atoms with Crippen LogP contribution in [0, 0.1) is 11.0 Å². The van der Waals surface area contributed by atoms with Crippen molar-refractivity contribution in [2.45, 2.75) is 25.4 Å². The predicted molar refractivity (Wildman–Crippen MR) is 83.4 cm³/mol. The largest absolute Gasteiger partial charge is 0.711 e. The van der Waals surface area contributed by atoms with Crippen LogP contribution in [0.3, 0.4) is 0 Å². The van der Waals surface area contributed by atoms with E-state index in [0.29, 0.717) is 11.6 Å². The van der Waals surface area contributed by atoms with Crippen LogP contribution in [0.15, 0.2) is 48.7 Å². The van der Waals surface area contributed by atoms with Crippen LogP contribution in [0.2, 0.25) is 0 Å². The number of hydrogen-bond donors (Lipinski definition) is 0. The van der Waals surface area contributed by atoms with Gasteiger partial charge < -0.3 is 9.94 Å². The number of aromatic nitrogens is 2. The second-order valence-electron chi connectivity index (χ2n) is 5.84. The first-order valence-electron chi connectivity index (χ1n) is 7.60. The molecule has 4 nitrogen and oxygen atoms in total. The predicted octanol–water partition coefficient (Wildman–Crippen LogP) is 3.46. The molecular weight excluding hydrogens is 295 g/mol. The topological polar surface area (TPSA) is 49.1 Å². The zero-order chi connectivity index (χ0) is 15.8. The molecule has 0 bridgehead atoms. The van der Waals surface area contributed by atoms with E-state index in [2.05, 4.69) is 4.98 Å². The Labute approximate surface area is 132 Å². The molecule has 0 unspecified atom stereocenters. The van der Waals surface area contributed by atoms with Crippen molar-refractivity contribution in [3.63, 3.8) is 0 Å². The fraction of sp³-hybridized carbons (Fsp3) is 0.222. The summed E-state index contributed by atoms with van der Waals surface area (Å²) in [6.07, 6.45) is 3.61. The molecule has 1 aliphatic carbocycles. The molecule has 0 atom stereocenters. The average molecular weight is 310 g/mol. The van der Waals surface area contributed by atoms with Gasteiger partial charge in [-0.05, 0) is 47.7 Å². The number of benzene rings is 2. The van der Waals surface area contributed by atoms with Gasteiger partial charge in [0.05, 0.1) is 11.3 Å². The summed E-state index contributed by atoms with van der Waals surface area (Å²) in [6.45, 7) is 0.285. The zero-order valence-corrected chi connectivity index (χ0v) is 12.4. The van der Waals surface area contributed by atoms with E-state index < -0.39 is 0 Å². The maximum Gasteiger partial charge on any atom is 0.305 e. The molecule has 0 amide bonds. The molecule has 1 saturated carbocycles. The van der Waals surface area contributed by atoms with Crippen LogP contribution in [0.5, 0.6) is 5.75 Å². The Morgan fingerprint density at radius 3 is 2.87 bits per heavy atom. The lowest BCUT2D eigenvalue weighted by molar-refractivity contribution is -0.616. The Hall–Kier alpha value is -2.69. The summed E-state index contributed by atoms with van der Waals surface area (Å²) in [7, 11) is 0.